The molecule has 1 saturated heterocycles. The average molecular weight is 421 g/mol. The van der Waals surface area contributed by atoms with E-state index in [1.165, 1.54) is 0 Å². The number of hydrogen-bond donors (Lipinski definition) is 1. The van der Waals surface area contributed by atoms with Gasteiger partial charge < -0.3 is 24.1 Å². The molecule has 31 heavy (non-hydrogen) atoms. The van der Waals surface area contributed by atoms with Crippen LogP contribution in [0, 0.1) is 5.92 Å². The Hall–Kier alpha value is -3.55. The molecule has 1 unspecified atom stereocenters. The van der Waals surface area contributed by atoms with Crippen molar-refractivity contribution < 1.29 is 23.5 Å². The lowest BCUT2D eigenvalue weighted by Gasteiger charge is -2.18. The van der Waals surface area contributed by atoms with E-state index in [1.54, 1.807) is 43.4 Å². The highest BCUT2D eigenvalue weighted by Gasteiger charge is 2.35. The Morgan fingerprint density at radius 3 is 2.68 bits per heavy atom. The highest BCUT2D eigenvalue weighted by Crippen LogP contribution is 2.41. The molecule has 1 aromatic heterocycles. The zero-order chi connectivity index (χ0) is 21.5. The number of anilines is 2. The number of methoxy groups -OCH3 is 2. The molecular formula is C23H23N3O5. The van der Waals surface area contributed by atoms with Gasteiger partial charge in [0.25, 0.3) is 0 Å². The Morgan fingerprint density at radius 1 is 1.13 bits per heavy atom. The summed E-state index contributed by atoms with van der Waals surface area (Å²) < 4.78 is 16.3. The molecule has 5 rings (SSSR count). The van der Waals surface area contributed by atoms with Gasteiger partial charge in [0.1, 0.15) is 5.52 Å². The van der Waals surface area contributed by atoms with E-state index in [2.05, 4.69) is 10.3 Å². The topological polar surface area (TPSA) is 93.9 Å². The Bertz CT molecular complexity index is 1170. The quantitative estimate of drug-likeness (QED) is 0.652. The van der Waals surface area contributed by atoms with E-state index in [0.29, 0.717) is 35.3 Å². The number of benzene rings is 2. The van der Waals surface area contributed by atoms with E-state index >= 15 is 0 Å². The van der Waals surface area contributed by atoms with Crippen LogP contribution in [-0.4, -0.2) is 37.6 Å². The molecule has 8 heteroatoms. The lowest BCUT2D eigenvalue weighted by Crippen LogP contribution is -2.28. The molecule has 2 fully saturated rings. The minimum atomic E-state index is -0.448. The number of amides is 2. The van der Waals surface area contributed by atoms with Crippen LogP contribution in [0.3, 0.4) is 0 Å². The summed E-state index contributed by atoms with van der Waals surface area (Å²) in [4.78, 5) is 31.6. The van der Waals surface area contributed by atoms with E-state index in [-0.39, 0.29) is 18.2 Å². The number of oxazole rings is 1. The van der Waals surface area contributed by atoms with Gasteiger partial charge in [0.05, 0.1) is 20.1 Å². The van der Waals surface area contributed by atoms with Crippen LogP contribution in [-0.2, 0) is 9.59 Å². The molecule has 1 aliphatic carbocycles. The van der Waals surface area contributed by atoms with E-state index in [1.807, 2.05) is 12.1 Å². The van der Waals surface area contributed by atoms with Gasteiger partial charge in [0.2, 0.25) is 11.8 Å². The molecule has 0 radical (unpaired) electrons. The minimum absolute atomic E-state index is 0.103. The molecule has 2 aliphatic rings. The molecule has 3 aromatic rings. The number of rotatable bonds is 6. The molecular weight excluding hydrogens is 398 g/mol. The van der Waals surface area contributed by atoms with Gasteiger partial charge in [0, 0.05) is 36.3 Å². The molecule has 1 saturated carbocycles. The molecule has 1 aliphatic heterocycles. The zero-order valence-electron chi connectivity index (χ0n) is 17.4. The summed E-state index contributed by atoms with van der Waals surface area (Å²) in [7, 11) is 3.10. The van der Waals surface area contributed by atoms with Gasteiger partial charge in [-0.15, -0.1) is 0 Å². The predicted molar refractivity (Wildman–Crippen MR) is 115 cm³/mol. The third-order valence-electron chi connectivity index (χ3n) is 5.77. The van der Waals surface area contributed by atoms with Gasteiger partial charge in [-0.05, 0) is 43.2 Å². The second-order valence-electron chi connectivity index (χ2n) is 7.94. The second kappa shape index (κ2) is 7.61. The third-order valence-corrected chi connectivity index (χ3v) is 5.77. The second-order valence-corrected chi connectivity index (χ2v) is 7.94. The molecule has 1 N–H and O–H groups in total. The first-order valence-electron chi connectivity index (χ1n) is 10.3. The molecule has 8 nitrogen and oxygen atoms in total. The normalized spacial score (nSPS) is 18.5. The number of aromatic nitrogens is 1. The monoisotopic (exact) mass is 421 g/mol. The summed E-state index contributed by atoms with van der Waals surface area (Å²) >= 11 is 0. The highest BCUT2D eigenvalue weighted by molar-refractivity contribution is 6.04. The summed E-state index contributed by atoms with van der Waals surface area (Å²) in [5.41, 5.74) is 2.77. The standard InChI is InChI=1S/C23H23N3O5/c1-29-19-8-6-16(11-20(19)30-2)26-12-14(9-21(26)27)22(28)24-15-5-7-18-17(10-15)25-23(31-18)13-3-4-13/h5-8,10-11,13-14H,3-4,9,12H2,1-2H3,(H,24,28). The number of nitrogens with zero attached hydrogens (tertiary/aromatic N) is 2. The van der Waals surface area contributed by atoms with E-state index in [4.69, 9.17) is 13.9 Å². The van der Waals surface area contributed by atoms with Crippen LogP contribution >= 0.6 is 0 Å². The highest BCUT2D eigenvalue weighted by atomic mass is 16.5. The van der Waals surface area contributed by atoms with Crippen LogP contribution < -0.4 is 19.7 Å². The molecule has 0 spiro atoms. The molecule has 1 atom stereocenters. The first kappa shape index (κ1) is 19.4. The van der Waals surface area contributed by atoms with Crippen LogP contribution in [0.25, 0.3) is 11.1 Å². The lowest BCUT2D eigenvalue weighted by atomic mass is 10.1. The van der Waals surface area contributed by atoms with Gasteiger partial charge in [-0.3, -0.25) is 9.59 Å². The predicted octanol–water partition coefficient (Wildman–Crippen LogP) is 3.71. The average Bonchev–Trinajstić information content (AvgIpc) is 3.43. The van der Waals surface area contributed by atoms with Crippen molar-refractivity contribution in [2.45, 2.75) is 25.2 Å². The maximum absolute atomic E-state index is 12.8. The number of carbonyl (C=O) groups excluding carboxylic acids is 2. The van der Waals surface area contributed by atoms with Gasteiger partial charge >= 0.3 is 0 Å². The first-order chi connectivity index (χ1) is 15.1. The minimum Gasteiger partial charge on any atom is -0.493 e. The SMILES string of the molecule is COc1ccc(N2CC(C(=O)Nc3ccc4oc(C5CC5)nc4c3)CC2=O)cc1OC. The number of ether oxygens (including phenoxy) is 2. The van der Waals surface area contributed by atoms with Crippen molar-refractivity contribution in [1.29, 1.82) is 0 Å². The molecule has 2 amide bonds. The van der Waals surface area contributed by atoms with E-state index in [0.717, 1.165) is 29.8 Å². The van der Waals surface area contributed by atoms with Crippen molar-refractivity contribution >= 4 is 34.3 Å². The fraction of sp³-hybridized carbons (Fsp3) is 0.348. The first-order valence-corrected chi connectivity index (χ1v) is 10.3. The molecule has 0 bridgehead atoms. The molecule has 2 aromatic carbocycles. The van der Waals surface area contributed by atoms with Gasteiger partial charge in [0.15, 0.2) is 23.0 Å². The molecule has 2 heterocycles. The fourth-order valence-electron chi connectivity index (χ4n) is 3.90. The summed E-state index contributed by atoms with van der Waals surface area (Å²) in [6.45, 7) is 0.304. The maximum atomic E-state index is 12.8. The Labute approximate surface area is 179 Å². The number of carbonyl (C=O) groups is 2. The van der Waals surface area contributed by atoms with Crippen molar-refractivity contribution in [3.8, 4) is 11.5 Å². The zero-order valence-corrected chi connectivity index (χ0v) is 17.4. The van der Waals surface area contributed by atoms with Crippen molar-refractivity contribution in [1.82, 2.24) is 4.98 Å². The number of hydrogen-bond acceptors (Lipinski definition) is 6. The van der Waals surface area contributed by atoms with Crippen molar-refractivity contribution in [3.63, 3.8) is 0 Å². The Kier molecular flexibility index (Phi) is 4.77. The van der Waals surface area contributed by atoms with Gasteiger partial charge in [-0.25, -0.2) is 4.98 Å². The van der Waals surface area contributed by atoms with Crippen LogP contribution in [0.1, 0.15) is 31.1 Å². The van der Waals surface area contributed by atoms with Crippen molar-refractivity contribution in [3.05, 3.63) is 42.3 Å². The van der Waals surface area contributed by atoms with Gasteiger partial charge in [-0.1, -0.05) is 0 Å². The number of fused-ring (bicyclic) bond motifs is 1. The van der Waals surface area contributed by atoms with E-state index in [9.17, 15) is 9.59 Å². The summed E-state index contributed by atoms with van der Waals surface area (Å²) in [5.74, 6) is 1.57. The maximum Gasteiger partial charge on any atom is 0.229 e. The smallest absolute Gasteiger partial charge is 0.229 e. The third kappa shape index (κ3) is 3.69. The largest absolute Gasteiger partial charge is 0.493 e. The van der Waals surface area contributed by atoms with Gasteiger partial charge in [-0.2, -0.15) is 0 Å². The Morgan fingerprint density at radius 2 is 1.94 bits per heavy atom. The Balaban J connectivity index is 1.29. The summed E-state index contributed by atoms with van der Waals surface area (Å²) in [5, 5.41) is 2.92. The van der Waals surface area contributed by atoms with Crippen LogP contribution in [0.5, 0.6) is 11.5 Å². The fourth-order valence-corrected chi connectivity index (χ4v) is 3.90. The van der Waals surface area contributed by atoms with Crippen LogP contribution in [0.4, 0.5) is 11.4 Å². The summed E-state index contributed by atoms with van der Waals surface area (Å²) in [6.07, 6.45) is 2.38. The number of nitrogens with one attached hydrogen (secondary N) is 1. The lowest BCUT2D eigenvalue weighted by molar-refractivity contribution is -0.122. The van der Waals surface area contributed by atoms with Crippen molar-refractivity contribution in [2.75, 3.05) is 31.0 Å². The van der Waals surface area contributed by atoms with E-state index < -0.39 is 5.92 Å². The summed E-state index contributed by atoms with van der Waals surface area (Å²) in [6, 6.07) is 10.7. The van der Waals surface area contributed by atoms with Crippen LogP contribution in [0.15, 0.2) is 40.8 Å². The van der Waals surface area contributed by atoms with Crippen LogP contribution in [0.2, 0.25) is 0 Å². The van der Waals surface area contributed by atoms with Crippen molar-refractivity contribution in [2.24, 2.45) is 5.92 Å². The molecule has 160 valence electrons.